The maximum absolute atomic E-state index is 4.35. The molecule has 0 aliphatic carbocycles. The molecule has 0 amide bonds. The summed E-state index contributed by atoms with van der Waals surface area (Å²) in [5, 5.41) is 3.63. The van der Waals surface area contributed by atoms with E-state index in [1.54, 1.807) is 0 Å². The van der Waals surface area contributed by atoms with E-state index in [2.05, 4.69) is 36.1 Å². The molecule has 0 radical (unpaired) electrons. The monoisotopic (exact) mass is 237 g/mol. The number of H-pyrrole nitrogens is 1. The molecule has 1 heterocycles. The van der Waals surface area contributed by atoms with Gasteiger partial charge in [-0.1, -0.05) is 33.6 Å². The van der Waals surface area contributed by atoms with Gasteiger partial charge in [0.25, 0.3) is 0 Å². The van der Waals surface area contributed by atoms with Gasteiger partial charge < -0.3 is 10.3 Å². The van der Waals surface area contributed by atoms with Gasteiger partial charge in [-0.3, -0.25) is 0 Å². The van der Waals surface area contributed by atoms with Crippen LogP contribution >= 0.6 is 0 Å². The van der Waals surface area contributed by atoms with Crippen LogP contribution in [0.4, 0.5) is 0 Å². The summed E-state index contributed by atoms with van der Waals surface area (Å²) in [6, 6.07) is 0.561. The Morgan fingerprint density at radius 2 is 1.94 bits per heavy atom. The third kappa shape index (κ3) is 4.90. The van der Waals surface area contributed by atoms with E-state index in [9.17, 15) is 0 Å². The molecule has 1 aromatic rings. The van der Waals surface area contributed by atoms with Crippen molar-refractivity contribution in [1.29, 1.82) is 0 Å². The second-order valence-corrected chi connectivity index (χ2v) is 4.74. The zero-order valence-corrected chi connectivity index (χ0v) is 11.5. The van der Waals surface area contributed by atoms with Crippen molar-refractivity contribution in [3.8, 4) is 0 Å². The highest BCUT2D eigenvalue weighted by molar-refractivity contribution is 4.93. The van der Waals surface area contributed by atoms with Gasteiger partial charge in [-0.05, 0) is 25.3 Å². The summed E-state index contributed by atoms with van der Waals surface area (Å²) >= 11 is 0. The Bertz CT molecular complexity index is 263. The highest BCUT2D eigenvalue weighted by Crippen LogP contribution is 2.20. The zero-order chi connectivity index (χ0) is 12.5. The predicted molar refractivity (Wildman–Crippen MR) is 73.1 cm³/mol. The number of aromatic nitrogens is 2. The second-order valence-electron chi connectivity index (χ2n) is 4.74. The summed E-state index contributed by atoms with van der Waals surface area (Å²) in [6.45, 7) is 7.77. The molecule has 0 saturated heterocycles. The van der Waals surface area contributed by atoms with Gasteiger partial charge in [0.2, 0.25) is 0 Å². The van der Waals surface area contributed by atoms with Gasteiger partial charge in [-0.25, -0.2) is 4.98 Å². The fourth-order valence-corrected chi connectivity index (χ4v) is 2.57. The predicted octanol–water partition coefficient (Wildman–Crippen LogP) is 3.15. The first-order valence-corrected chi connectivity index (χ1v) is 7.03. The summed E-state index contributed by atoms with van der Waals surface area (Å²) < 4.78 is 0. The normalized spacial score (nSPS) is 13.2. The number of likely N-dealkylation sites (N-methyl/N-ethyl adjacent to an activating group) is 1. The molecule has 0 aliphatic rings. The van der Waals surface area contributed by atoms with Crippen molar-refractivity contribution >= 4 is 0 Å². The number of hydrogen-bond donors (Lipinski definition) is 2. The van der Waals surface area contributed by atoms with Crippen LogP contribution in [0.25, 0.3) is 0 Å². The number of nitrogens with one attached hydrogen (secondary N) is 2. The lowest BCUT2D eigenvalue weighted by molar-refractivity contribution is 0.309. The van der Waals surface area contributed by atoms with Crippen molar-refractivity contribution in [3.63, 3.8) is 0 Å². The first-order chi connectivity index (χ1) is 8.31. The van der Waals surface area contributed by atoms with Crippen LogP contribution in [0.15, 0.2) is 12.4 Å². The zero-order valence-electron chi connectivity index (χ0n) is 11.5. The van der Waals surface area contributed by atoms with E-state index < -0.39 is 0 Å². The molecule has 0 aliphatic heterocycles. The SMILES string of the molecule is CCCC(CCC)C(Cc1ncc[nH]1)NCC. The maximum atomic E-state index is 4.35. The van der Waals surface area contributed by atoms with Gasteiger partial charge in [0, 0.05) is 24.9 Å². The Morgan fingerprint density at radius 1 is 1.24 bits per heavy atom. The molecule has 1 unspecified atom stereocenters. The van der Waals surface area contributed by atoms with Crippen LogP contribution < -0.4 is 5.32 Å². The van der Waals surface area contributed by atoms with Crippen LogP contribution in [0.5, 0.6) is 0 Å². The third-order valence-electron chi connectivity index (χ3n) is 3.32. The van der Waals surface area contributed by atoms with E-state index >= 15 is 0 Å². The molecule has 0 saturated carbocycles. The lowest BCUT2D eigenvalue weighted by Crippen LogP contribution is -2.38. The van der Waals surface area contributed by atoms with Crippen LogP contribution in [0.3, 0.4) is 0 Å². The maximum Gasteiger partial charge on any atom is 0.107 e. The molecule has 0 spiro atoms. The van der Waals surface area contributed by atoms with Gasteiger partial charge in [0.15, 0.2) is 0 Å². The first kappa shape index (κ1) is 14.2. The van der Waals surface area contributed by atoms with Crippen molar-refractivity contribution in [2.75, 3.05) is 6.54 Å². The van der Waals surface area contributed by atoms with Crippen molar-refractivity contribution in [2.24, 2.45) is 5.92 Å². The molecular weight excluding hydrogens is 210 g/mol. The molecule has 17 heavy (non-hydrogen) atoms. The number of nitrogens with zero attached hydrogens (tertiary/aromatic N) is 1. The lowest BCUT2D eigenvalue weighted by Gasteiger charge is -2.27. The van der Waals surface area contributed by atoms with Crippen molar-refractivity contribution in [1.82, 2.24) is 15.3 Å². The largest absolute Gasteiger partial charge is 0.349 e. The Balaban J connectivity index is 2.60. The van der Waals surface area contributed by atoms with Gasteiger partial charge in [0.05, 0.1) is 0 Å². The molecule has 98 valence electrons. The molecule has 3 nitrogen and oxygen atoms in total. The fraction of sp³-hybridized carbons (Fsp3) is 0.786. The number of aromatic amines is 1. The minimum atomic E-state index is 0.561. The topological polar surface area (TPSA) is 40.7 Å². The Morgan fingerprint density at radius 3 is 2.41 bits per heavy atom. The summed E-state index contributed by atoms with van der Waals surface area (Å²) in [5.41, 5.74) is 0. The van der Waals surface area contributed by atoms with Crippen LogP contribution in [0.1, 0.15) is 52.3 Å². The molecule has 1 rings (SSSR count). The highest BCUT2D eigenvalue weighted by atomic mass is 14.9. The third-order valence-corrected chi connectivity index (χ3v) is 3.32. The van der Waals surface area contributed by atoms with E-state index in [0.29, 0.717) is 6.04 Å². The van der Waals surface area contributed by atoms with Crippen molar-refractivity contribution in [3.05, 3.63) is 18.2 Å². The number of hydrogen-bond acceptors (Lipinski definition) is 2. The van der Waals surface area contributed by atoms with E-state index in [1.807, 2.05) is 12.4 Å². The lowest BCUT2D eigenvalue weighted by atomic mass is 9.88. The average molecular weight is 237 g/mol. The summed E-state index contributed by atoms with van der Waals surface area (Å²) in [4.78, 5) is 7.56. The van der Waals surface area contributed by atoms with E-state index in [0.717, 1.165) is 24.7 Å². The van der Waals surface area contributed by atoms with Crippen molar-refractivity contribution < 1.29 is 0 Å². The minimum Gasteiger partial charge on any atom is -0.349 e. The minimum absolute atomic E-state index is 0.561. The summed E-state index contributed by atoms with van der Waals surface area (Å²) in [5.74, 6) is 1.88. The van der Waals surface area contributed by atoms with Crippen LogP contribution in [-0.4, -0.2) is 22.6 Å². The van der Waals surface area contributed by atoms with E-state index in [1.165, 1.54) is 25.7 Å². The molecule has 0 aromatic carbocycles. The fourth-order valence-electron chi connectivity index (χ4n) is 2.57. The molecule has 0 bridgehead atoms. The standard InChI is InChI=1S/C14H27N3/c1-4-7-12(8-5-2)13(15-6-3)11-14-16-9-10-17-14/h9-10,12-13,15H,4-8,11H2,1-3H3,(H,16,17). The number of imidazole rings is 1. The average Bonchev–Trinajstić information content (AvgIpc) is 2.81. The van der Waals surface area contributed by atoms with Gasteiger partial charge in [-0.2, -0.15) is 0 Å². The molecule has 1 atom stereocenters. The summed E-state index contributed by atoms with van der Waals surface area (Å²) in [7, 11) is 0. The van der Waals surface area contributed by atoms with Crippen molar-refractivity contribution in [2.45, 2.75) is 58.9 Å². The number of rotatable bonds is 9. The second kappa shape index (κ2) is 8.29. The summed E-state index contributed by atoms with van der Waals surface area (Å²) in [6.07, 6.45) is 9.93. The Hall–Kier alpha value is -0.830. The Kier molecular flexibility index (Phi) is 6.94. The molecular formula is C14H27N3. The van der Waals surface area contributed by atoms with Crippen LogP contribution in [-0.2, 0) is 6.42 Å². The quantitative estimate of drug-likeness (QED) is 0.692. The molecule has 2 N–H and O–H groups in total. The van der Waals surface area contributed by atoms with E-state index in [4.69, 9.17) is 0 Å². The van der Waals surface area contributed by atoms with Crippen LogP contribution in [0, 0.1) is 5.92 Å². The van der Waals surface area contributed by atoms with Gasteiger partial charge in [-0.15, -0.1) is 0 Å². The molecule has 1 aromatic heterocycles. The first-order valence-electron chi connectivity index (χ1n) is 7.03. The molecule has 0 fully saturated rings. The van der Waals surface area contributed by atoms with Crippen LogP contribution in [0.2, 0.25) is 0 Å². The van der Waals surface area contributed by atoms with Gasteiger partial charge in [0.1, 0.15) is 5.82 Å². The molecule has 3 heteroatoms. The van der Waals surface area contributed by atoms with Gasteiger partial charge >= 0.3 is 0 Å². The smallest absolute Gasteiger partial charge is 0.107 e. The highest BCUT2D eigenvalue weighted by Gasteiger charge is 2.20. The van der Waals surface area contributed by atoms with E-state index in [-0.39, 0.29) is 0 Å². The Labute approximate surface area is 105 Å².